The monoisotopic (exact) mass is 448 g/mol. The van der Waals surface area contributed by atoms with E-state index in [0.717, 1.165) is 13.0 Å². The highest BCUT2D eigenvalue weighted by molar-refractivity contribution is 7.90. The van der Waals surface area contributed by atoms with Gasteiger partial charge in [-0.1, -0.05) is 22.9 Å². The predicted octanol–water partition coefficient (Wildman–Crippen LogP) is 2.90. The number of halogens is 7. The zero-order valence-corrected chi connectivity index (χ0v) is 15.1. The van der Waals surface area contributed by atoms with Crippen molar-refractivity contribution in [2.45, 2.75) is 24.7 Å². The Balaban J connectivity index is 2.66. The molecule has 26 heavy (non-hydrogen) atoms. The molecular formula is C11H11ClF6N2O4S2. The number of rotatable bonds is 7. The minimum Gasteiger partial charge on any atom is -0.482 e. The number of hydrogen-bond donors (Lipinski definition) is 2. The smallest absolute Gasteiger partial charge is 0.482 e. The Hall–Kier alpha value is -1.25. The van der Waals surface area contributed by atoms with Gasteiger partial charge in [-0.2, -0.15) is 26.3 Å². The van der Waals surface area contributed by atoms with Crippen LogP contribution in [0.2, 0.25) is 4.34 Å². The number of carbonyl (C=O) groups excluding carboxylic acids is 1. The number of sulfonamides is 1. The SMILES string of the molecule is C[C@@H](COc1cc(C(=O)NCC(F)(F)F)c(Cl)s1)NS(=O)(=O)C(F)(F)F. The van der Waals surface area contributed by atoms with Crippen molar-refractivity contribution in [1.29, 1.82) is 0 Å². The maximum atomic E-state index is 12.2. The van der Waals surface area contributed by atoms with E-state index in [1.807, 2.05) is 0 Å². The predicted molar refractivity (Wildman–Crippen MR) is 80.8 cm³/mol. The van der Waals surface area contributed by atoms with Gasteiger partial charge in [0.15, 0.2) is 5.06 Å². The van der Waals surface area contributed by atoms with Crippen LogP contribution in [0, 0.1) is 0 Å². The van der Waals surface area contributed by atoms with Crippen LogP contribution in [-0.2, 0) is 10.0 Å². The summed E-state index contributed by atoms with van der Waals surface area (Å²) in [6, 6.07) is -0.297. The van der Waals surface area contributed by atoms with Gasteiger partial charge in [-0.25, -0.2) is 13.1 Å². The third-order valence-corrected chi connectivity index (χ3v) is 5.09. The summed E-state index contributed by atoms with van der Waals surface area (Å²) in [4.78, 5) is 11.6. The Morgan fingerprint density at radius 2 is 1.88 bits per heavy atom. The molecule has 1 aromatic heterocycles. The molecule has 1 atom stereocenters. The lowest BCUT2D eigenvalue weighted by molar-refractivity contribution is -0.123. The standard InChI is InChI=1S/C11H11ClF6N2O4S2/c1-5(20-26(22,23)11(16,17)18)3-24-7-2-6(8(12)25-7)9(21)19-4-10(13,14)15/h2,5,20H,3-4H2,1H3,(H,19,21)/t5-/m0/s1. The van der Waals surface area contributed by atoms with Gasteiger partial charge < -0.3 is 10.1 Å². The summed E-state index contributed by atoms with van der Waals surface area (Å²) in [5.41, 5.74) is -5.81. The van der Waals surface area contributed by atoms with Crippen LogP contribution in [0.3, 0.4) is 0 Å². The molecule has 0 aliphatic carbocycles. The van der Waals surface area contributed by atoms with Crippen LogP contribution < -0.4 is 14.8 Å². The largest absolute Gasteiger partial charge is 0.511 e. The molecule has 0 bridgehead atoms. The normalized spacial score (nSPS) is 14.2. The molecule has 0 spiro atoms. The van der Waals surface area contributed by atoms with Crippen molar-refractivity contribution in [2.75, 3.05) is 13.2 Å². The molecule has 15 heteroatoms. The molecule has 0 saturated heterocycles. The van der Waals surface area contributed by atoms with E-state index in [1.165, 1.54) is 4.72 Å². The van der Waals surface area contributed by atoms with Crippen LogP contribution in [0.5, 0.6) is 5.06 Å². The first-order valence-electron chi connectivity index (χ1n) is 6.48. The van der Waals surface area contributed by atoms with Crippen LogP contribution in [0.25, 0.3) is 0 Å². The van der Waals surface area contributed by atoms with Crippen molar-refractivity contribution < 1.29 is 44.3 Å². The molecule has 1 rings (SSSR count). The van der Waals surface area contributed by atoms with Crippen LogP contribution >= 0.6 is 22.9 Å². The van der Waals surface area contributed by atoms with Crippen molar-refractivity contribution in [3.05, 3.63) is 16.0 Å². The molecule has 0 aromatic carbocycles. The second-order valence-corrected chi connectivity index (χ2v) is 8.15. The lowest BCUT2D eigenvalue weighted by atomic mass is 10.3. The number of ether oxygens (including phenoxy) is 1. The summed E-state index contributed by atoms with van der Waals surface area (Å²) >= 11 is 6.35. The molecule has 2 N–H and O–H groups in total. The molecule has 0 saturated carbocycles. The Bertz CT molecular complexity index is 747. The van der Waals surface area contributed by atoms with E-state index < -0.39 is 46.8 Å². The number of nitrogens with one attached hydrogen (secondary N) is 2. The Morgan fingerprint density at radius 3 is 2.38 bits per heavy atom. The van der Waals surface area contributed by atoms with Gasteiger partial charge in [0.1, 0.15) is 17.5 Å². The first kappa shape index (κ1) is 22.8. The van der Waals surface area contributed by atoms with Crippen LogP contribution in [0.4, 0.5) is 26.3 Å². The molecule has 1 aromatic rings. The fourth-order valence-electron chi connectivity index (χ4n) is 1.42. The first-order chi connectivity index (χ1) is 11.6. The van der Waals surface area contributed by atoms with E-state index in [4.69, 9.17) is 16.3 Å². The van der Waals surface area contributed by atoms with Gasteiger partial charge in [-0.3, -0.25) is 4.79 Å². The van der Waals surface area contributed by atoms with E-state index in [0.29, 0.717) is 11.3 Å². The zero-order valence-electron chi connectivity index (χ0n) is 12.7. The zero-order chi connectivity index (χ0) is 20.3. The molecule has 0 aliphatic rings. The summed E-state index contributed by atoms with van der Waals surface area (Å²) < 4.78 is 101. The van der Waals surface area contributed by atoms with Gasteiger partial charge in [0.05, 0.1) is 11.6 Å². The lowest BCUT2D eigenvalue weighted by Crippen LogP contribution is -2.43. The molecule has 1 amide bonds. The van der Waals surface area contributed by atoms with E-state index >= 15 is 0 Å². The van der Waals surface area contributed by atoms with Gasteiger partial charge in [-0.05, 0) is 6.92 Å². The van der Waals surface area contributed by atoms with Crippen molar-refractivity contribution in [3.63, 3.8) is 0 Å². The lowest BCUT2D eigenvalue weighted by Gasteiger charge is -2.15. The summed E-state index contributed by atoms with van der Waals surface area (Å²) in [5, 5.41) is 1.50. The molecule has 0 fully saturated rings. The third-order valence-electron chi connectivity index (χ3n) is 2.49. The number of amides is 1. The number of alkyl halides is 6. The highest BCUT2D eigenvalue weighted by atomic mass is 35.5. The summed E-state index contributed by atoms with van der Waals surface area (Å²) in [6.45, 7) is -1.03. The number of thiophene rings is 1. The highest BCUT2D eigenvalue weighted by Gasteiger charge is 2.46. The fraction of sp³-hybridized carbons (Fsp3) is 0.545. The second kappa shape index (κ2) is 8.19. The quantitative estimate of drug-likeness (QED) is 0.628. The molecule has 0 unspecified atom stereocenters. The van der Waals surface area contributed by atoms with Crippen molar-refractivity contribution in [3.8, 4) is 5.06 Å². The van der Waals surface area contributed by atoms with E-state index in [-0.39, 0.29) is 15.0 Å². The molecule has 0 radical (unpaired) electrons. The van der Waals surface area contributed by atoms with Crippen LogP contribution in [0.15, 0.2) is 6.07 Å². The Labute approximate surface area is 152 Å². The van der Waals surface area contributed by atoms with Crippen LogP contribution in [-0.4, -0.2) is 45.2 Å². The molecule has 0 aliphatic heterocycles. The van der Waals surface area contributed by atoms with Gasteiger partial charge in [0.25, 0.3) is 5.91 Å². The number of carbonyl (C=O) groups is 1. The van der Waals surface area contributed by atoms with Crippen LogP contribution in [0.1, 0.15) is 17.3 Å². The molecule has 150 valence electrons. The highest BCUT2D eigenvalue weighted by Crippen LogP contribution is 2.33. The second-order valence-electron chi connectivity index (χ2n) is 4.83. The number of hydrogen-bond acceptors (Lipinski definition) is 5. The van der Waals surface area contributed by atoms with E-state index in [1.54, 1.807) is 5.32 Å². The third kappa shape index (κ3) is 6.81. The van der Waals surface area contributed by atoms with Crippen molar-refractivity contribution >= 4 is 38.9 Å². The topological polar surface area (TPSA) is 84.5 Å². The average molecular weight is 449 g/mol. The maximum Gasteiger partial charge on any atom is 0.511 e. The Kier molecular flexibility index (Phi) is 7.18. The summed E-state index contributed by atoms with van der Waals surface area (Å²) in [5.74, 6) is -1.12. The van der Waals surface area contributed by atoms with Crippen molar-refractivity contribution in [2.24, 2.45) is 0 Å². The van der Waals surface area contributed by atoms with E-state index in [2.05, 4.69) is 0 Å². The molecule has 6 nitrogen and oxygen atoms in total. The fourth-order valence-corrected chi connectivity index (χ4v) is 3.26. The molecular weight excluding hydrogens is 438 g/mol. The maximum absolute atomic E-state index is 12.2. The summed E-state index contributed by atoms with van der Waals surface area (Å²) in [6.07, 6.45) is -4.62. The van der Waals surface area contributed by atoms with Gasteiger partial charge >= 0.3 is 21.7 Å². The van der Waals surface area contributed by atoms with E-state index in [9.17, 15) is 39.6 Å². The minimum absolute atomic E-state index is 0.0924. The summed E-state index contributed by atoms with van der Waals surface area (Å²) in [7, 11) is -5.56. The van der Waals surface area contributed by atoms with Gasteiger partial charge in [0, 0.05) is 6.07 Å². The van der Waals surface area contributed by atoms with Gasteiger partial charge in [0.2, 0.25) is 0 Å². The van der Waals surface area contributed by atoms with Gasteiger partial charge in [-0.15, -0.1) is 0 Å². The van der Waals surface area contributed by atoms with Crippen molar-refractivity contribution in [1.82, 2.24) is 10.0 Å². The average Bonchev–Trinajstić information content (AvgIpc) is 2.81. The first-order valence-corrected chi connectivity index (χ1v) is 9.16. The molecule has 1 heterocycles. The Morgan fingerprint density at radius 1 is 1.31 bits per heavy atom. The minimum atomic E-state index is -5.56.